The van der Waals surface area contributed by atoms with Gasteiger partial charge in [0.05, 0.1) is 17.5 Å². The average molecular weight is 630 g/mol. The molecule has 4 saturated carbocycles. The number of carbonyl (C=O) groups is 2. The molecule has 5 fully saturated rings. The van der Waals surface area contributed by atoms with Crippen LogP contribution in [0, 0.1) is 35.5 Å². The van der Waals surface area contributed by atoms with Gasteiger partial charge in [0.25, 0.3) is 0 Å². The first-order valence-corrected chi connectivity index (χ1v) is 18.3. The summed E-state index contributed by atoms with van der Waals surface area (Å²) in [5.41, 5.74) is 3.62. The third-order valence-corrected chi connectivity index (χ3v) is 14.3. The summed E-state index contributed by atoms with van der Waals surface area (Å²) >= 11 is 1.55. The monoisotopic (exact) mass is 629 g/mol. The molecule has 2 aromatic rings. The Kier molecular flexibility index (Phi) is 7.87. The molecular weight excluding hydrogens is 578 g/mol. The number of fused-ring (bicyclic) bond motifs is 10. The molecule has 7 atom stereocenters. The van der Waals surface area contributed by atoms with Gasteiger partial charge >= 0.3 is 6.09 Å². The number of hydrogen-bond acceptors (Lipinski definition) is 5. The molecule has 2 heterocycles. The minimum atomic E-state index is -0.575. The summed E-state index contributed by atoms with van der Waals surface area (Å²) in [7, 11) is 0. The van der Waals surface area contributed by atoms with Crippen molar-refractivity contribution >= 4 is 23.2 Å². The van der Waals surface area contributed by atoms with Crippen molar-refractivity contribution in [1.29, 1.82) is 0 Å². The topological polar surface area (TPSA) is 66.8 Å². The summed E-state index contributed by atoms with van der Waals surface area (Å²) in [4.78, 5) is 31.9. The van der Waals surface area contributed by atoms with Crippen molar-refractivity contribution in [2.45, 2.75) is 116 Å². The Bertz CT molecular complexity index is 1520. The molecule has 5 nitrogen and oxygen atoms in total. The smallest absolute Gasteiger partial charge is 0.410 e. The number of amides is 1. The molecule has 9 rings (SSSR count). The fourth-order valence-electron chi connectivity index (χ4n) is 10.3. The Balaban J connectivity index is 1.25. The van der Waals surface area contributed by atoms with Crippen LogP contribution in [-0.2, 0) is 11.2 Å². The van der Waals surface area contributed by atoms with E-state index in [-0.39, 0.29) is 23.2 Å². The summed E-state index contributed by atoms with van der Waals surface area (Å²) in [5, 5.41) is 10.9. The molecule has 1 amide bonds. The number of aryl methyl sites for hydroxylation is 1. The fourth-order valence-corrected chi connectivity index (χ4v) is 11.1. The number of aliphatic hydroxyl groups excluding tert-OH is 1. The number of nitrogens with zero attached hydrogens (tertiary/aromatic N) is 1. The highest BCUT2D eigenvalue weighted by atomic mass is 32.1. The van der Waals surface area contributed by atoms with E-state index in [9.17, 15) is 14.7 Å². The highest BCUT2D eigenvalue weighted by Gasteiger charge is 2.64. The van der Waals surface area contributed by atoms with E-state index in [0.717, 1.165) is 71.0 Å². The molecule has 7 aliphatic rings. The summed E-state index contributed by atoms with van der Waals surface area (Å²) < 4.78 is 6.62. The lowest BCUT2D eigenvalue weighted by molar-refractivity contribution is -0.109. The Hall–Kier alpha value is -2.44. The molecule has 4 bridgehead atoms. The van der Waals surface area contributed by atoms with Gasteiger partial charge in [0.15, 0.2) is 0 Å². The highest BCUT2D eigenvalue weighted by molar-refractivity contribution is 7.14. The summed E-state index contributed by atoms with van der Waals surface area (Å²) in [6, 6.07) is 10.3. The van der Waals surface area contributed by atoms with E-state index in [1.165, 1.54) is 24.8 Å². The SMILES string of the molecule is CC1=CCCC2(C)C(CCC23CN(CC2CCC4CC2C4(C)C)C(=O)O3)c2ccc(cc2C(=O)c2ccc(C)s2)CC(O)CC1. The van der Waals surface area contributed by atoms with Gasteiger partial charge in [-0.1, -0.05) is 44.6 Å². The van der Waals surface area contributed by atoms with Gasteiger partial charge in [-0.3, -0.25) is 4.79 Å². The van der Waals surface area contributed by atoms with E-state index in [2.05, 4.69) is 56.9 Å². The number of aliphatic hydroxyl groups is 1. The number of benzene rings is 1. The predicted molar refractivity (Wildman–Crippen MR) is 180 cm³/mol. The molecular formula is C39H51NO4S. The van der Waals surface area contributed by atoms with Crippen LogP contribution in [0.1, 0.15) is 123 Å². The molecule has 1 saturated heterocycles. The highest BCUT2D eigenvalue weighted by Crippen LogP contribution is 2.64. The van der Waals surface area contributed by atoms with Crippen molar-refractivity contribution in [3.63, 3.8) is 0 Å². The number of allylic oxidation sites excluding steroid dienone is 2. The summed E-state index contributed by atoms with van der Waals surface area (Å²) in [6.07, 6.45) is 11.1. The normalized spacial score (nSPS) is 35.9. The van der Waals surface area contributed by atoms with Crippen LogP contribution in [0.3, 0.4) is 0 Å². The second-order valence-corrected chi connectivity index (χ2v) is 17.4. The molecule has 0 radical (unpaired) electrons. The number of ether oxygens (including phenoxy) is 1. The Morgan fingerprint density at radius 2 is 1.89 bits per heavy atom. The van der Waals surface area contributed by atoms with Crippen molar-refractivity contribution in [3.05, 3.63) is 68.4 Å². The fraction of sp³-hybridized carbons (Fsp3) is 0.641. The van der Waals surface area contributed by atoms with E-state index in [4.69, 9.17) is 4.74 Å². The second kappa shape index (κ2) is 11.4. The predicted octanol–water partition coefficient (Wildman–Crippen LogP) is 8.86. The number of ketones is 1. The molecule has 6 heteroatoms. The molecule has 1 spiro atoms. The van der Waals surface area contributed by atoms with Crippen molar-refractivity contribution in [1.82, 2.24) is 4.90 Å². The van der Waals surface area contributed by atoms with Crippen molar-refractivity contribution in [3.8, 4) is 0 Å². The maximum Gasteiger partial charge on any atom is 0.410 e. The number of thiophene rings is 1. The molecule has 242 valence electrons. The first kappa shape index (κ1) is 31.2. The van der Waals surface area contributed by atoms with Crippen LogP contribution in [0.2, 0.25) is 0 Å². The molecule has 1 N–H and O–H groups in total. The minimum absolute atomic E-state index is 0.0642. The molecule has 45 heavy (non-hydrogen) atoms. The lowest BCUT2D eigenvalue weighted by Crippen LogP contribution is -2.55. The zero-order valence-corrected chi connectivity index (χ0v) is 28.7. The van der Waals surface area contributed by atoms with Gasteiger partial charge in [0, 0.05) is 22.4 Å². The molecule has 1 aromatic carbocycles. The summed E-state index contributed by atoms with van der Waals surface area (Å²) in [6.45, 7) is 12.9. The first-order valence-electron chi connectivity index (χ1n) is 17.5. The van der Waals surface area contributed by atoms with Crippen molar-refractivity contribution in [2.75, 3.05) is 13.1 Å². The molecule has 1 aromatic heterocycles. The molecule has 6 aliphatic carbocycles. The standard InChI is InChI=1S/C39H51NO4S/c1-24-7-6-17-38(5)32(16-18-39(38)23-40(36(43)44-39)22-27-11-12-28-21-33(27)37(28,3)4)30-14-10-26(19-29(41)13-8-24)20-31(30)35(42)34-15-9-25(2)45-34/h7,9-10,14-15,20,27-29,32-33,41H,6,8,11-13,16-19,21-23H2,1-5H3. The summed E-state index contributed by atoms with van der Waals surface area (Å²) in [5.74, 6) is 2.24. The van der Waals surface area contributed by atoms with Crippen LogP contribution in [0.5, 0.6) is 0 Å². The van der Waals surface area contributed by atoms with Crippen LogP contribution < -0.4 is 0 Å². The second-order valence-electron chi connectivity index (χ2n) is 16.1. The lowest BCUT2D eigenvalue weighted by atomic mass is 9.45. The maximum absolute atomic E-state index is 14.2. The Morgan fingerprint density at radius 3 is 2.62 bits per heavy atom. The Labute approximate surface area is 273 Å². The number of rotatable bonds is 4. The van der Waals surface area contributed by atoms with Gasteiger partial charge in [-0.2, -0.15) is 0 Å². The molecule has 7 unspecified atom stereocenters. The Morgan fingerprint density at radius 1 is 1.07 bits per heavy atom. The van der Waals surface area contributed by atoms with Crippen LogP contribution in [-0.4, -0.2) is 46.7 Å². The van der Waals surface area contributed by atoms with Crippen LogP contribution in [0.4, 0.5) is 4.79 Å². The lowest BCUT2D eigenvalue weighted by Gasteiger charge is -2.60. The largest absolute Gasteiger partial charge is 0.440 e. The van der Waals surface area contributed by atoms with E-state index in [1.807, 2.05) is 19.1 Å². The van der Waals surface area contributed by atoms with E-state index >= 15 is 0 Å². The molecule has 1 aliphatic heterocycles. The van der Waals surface area contributed by atoms with Crippen molar-refractivity contribution in [2.24, 2.45) is 28.6 Å². The van der Waals surface area contributed by atoms with Crippen LogP contribution in [0.15, 0.2) is 42.0 Å². The van der Waals surface area contributed by atoms with E-state index in [0.29, 0.717) is 36.6 Å². The third kappa shape index (κ3) is 5.23. The van der Waals surface area contributed by atoms with Crippen molar-refractivity contribution < 1.29 is 19.4 Å². The minimum Gasteiger partial charge on any atom is -0.440 e. The first-order chi connectivity index (χ1) is 21.4. The maximum atomic E-state index is 14.2. The number of carbonyl (C=O) groups excluding carboxylic acids is 2. The zero-order valence-electron chi connectivity index (χ0n) is 27.9. The van der Waals surface area contributed by atoms with Gasteiger partial charge in [-0.05, 0) is 136 Å². The van der Waals surface area contributed by atoms with Gasteiger partial charge in [-0.25, -0.2) is 4.79 Å². The third-order valence-electron chi connectivity index (χ3n) is 13.3. The average Bonchev–Trinajstić information content (AvgIpc) is 3.66. The quantitative estimate of drug-likeness (QED) is 0.271. The van der Waals surface area contributed by atoms with Gasteiger partial charge in [-0.15, -0.1) is 11.3 Å². The zero-order chi connectivity index (χ0) is 31.7. The van der Waals surface area contributed by atoms with E-state index < -0.39 is 11.7 Å². The number of hydrogen-bond donors (Lipinski definition) is 1. The van der Waals surface area contributed by atoms with Gasteiger partial charge in [0.2, 0.25) is 5.78 Å². The van der Waals surface area contributed by atoms with E-state index in [1.54, 1.807) is 11.3 Å². The van der Waals surface area contributed by atoms with Gasteiger partial charge < -0.3 is 14.7 Å². The van der Waals surface area contributed by atoms with Crippen LogP contribution >= 0.6 is 11.3 Å². The van der Waals surface area contributed by atoms with Gasteiger partial charge in [0.1, 0.15) is 5.60 Å². The van der Waals surface area contributed by atoms with Crippen LogP contribution in [0.25, 0.3) is 0 Å².